The van der Waals surface area contributed by atoms with E-state index in [1.165, 1.54) is 28.0 Å². The fourth-order valence-corrected chi connectivity index (χ4v) is 2.34. The van der Waals surface area contributed by atoms with Crippen LogP contribution >= 0.6 is 0 Å². The summed E-state index contributed by atoms with van der Waals surface area (Å²) in [5, 5.41) is 4.60. The third-order valence-corrected chi connectivity index (χ3v) is 3.40. The highest BCUT2D eigenvalue weighted by molar-refractivity contribution is 5.64. The van der Waals surface area contributed by atoms with Crippen LogP contribution in [0.2, 0.25) is 0 Å². The standard InChI is InChI=1S/C17H22N2/c1-12(2)6-8-15-11-17(19(5)18-15)16-9-7-13(3)10-14(16)4/h7,9-11H,1,6,8H2,2-5H3. The second-order valence-corrected chi connectivity index (χ2v) is 5.42. The molecular weight excluding hydrogens is 232 g/mol. The molecule has 2 heteroatoms. The van der Waals surface area contributed by atoms with Gasteiger partial charge in [0.05, 0.1) is 11.4 Å². The van der Waals surface area contributed by atoms with Crippen LogP contribution in [0.1, 0.15) is 30.2 Å². The molecule has 0 saturated heterocycles. The van der Waals surface area contributed by atoms with Crippen LogP contribution in [0, 0.1) is 13.8 Å². The molecule has 0 atom stereocenters. The Hall–Kier alpha value is -1.83. The maximum atomic E-state index is 4.60. The van der Waals surface area contributed by atoms with E-state index in [9.17, 15) is 0 Å². The molecule has 2 nitrogen and oxygen atoms in total. The minimum atomic E-state index is 0.966. The summed E-state index contributed by atoms with van der Waals surface area (Å²) in [4.78, 5) is 0. The number of allylic oxidation sites excluding steroid dienone is 1. The normalized spacial score (nSPS) is 10.7. The zero-order valence-electron chi connectivity index (χ0n) is 12.3. The van der Waals surface area contributed by atoms with E-state index in [-0.39, 0.29) is 0 Å². The summed E-state index contributed by atoms with van der Waals surface area (Å²) in [6, 6.07) is 8.75. The Morgan fingerprint density at radius 3 is 2.63 bits per heavy atom. The van der Waals surface area contributed by atoms with Gasteiger partial charge in [0.25, 0.3) is 0 Å². The van der Waals surface area contributed by atoms with Crippen molar-refractivity contribution in [1.29, 1.82) is 0 Å². The molecule has 0 unspecified atom stereocenters. The van der Waals surface area contributed by atoms with Gasteiger partial charge in [0.2, 0.25) is 0 Å². The molecule has 1 aromatic heterocycles. The van der Waals surface area contributed by atoms with E-state index in [2.05, 4.69) is 56.7 Å². The second kappa shape index (κ2) is 5.43. The molecule has 19 heavy (non-hydrogen) atoms. The van der Waals surface area contributed by atoms with Crippen LogP contribution in [0.3, 0.4) is 0 Å². The Kier molecular flexibility index (Phi) is 3.89. The van der Waals surface area contributed by atoms with Gasteiger partial charge >= 0.3 is 0 Å². The lowest BCUT2D eigenvalue weighted by Gasteiger charge is -2.06. The van der Waals surface area contributed by atoms with Crippen LogP contribution in [0.5, 0.6) is 0 Å². The zero-order chi connectivity index (χ0) is 14.0. The molecule has 1 aromatic carbocycles. The summed E-state index contributed by atoms with van der Waals surface area (Å²) in [6.45, 7) is 10.3. The third-order valence-electron chi connectivity index (χ3n) is 3.40. The predicted molar refractivity (Wildman–Crippen MR) is 81.3 cm³/mol. The van der Waals surface area contributed by atoms with Crippen LogP contribution < -0.4 is 0 Å². The van der Waals surface area contributed by atoms with Crippen molar-refractivity contribution in [2.24, 2.45) is 7.05 Å². The van der Waals surface area contributed by atoms with Crippen LogP contribution in [-0.2, 0) is 13.5 Å². The quantitative estimate of drug-likeness (QED) is 0.747. The maximum absolute atomic E-state index is 4.60. The summed E-state index contributed by atoms with van der Waals surface area (Å²) >= 11 is 0. The van der Waals surface area contributed by atoms with Gasteiger partial charge < -0.3 is 0 Å². The molecule has 0 N–H and O–H groups in total. The number of aryl methyl sites for hydroxylation is 4. The molecule has 0 fully saturated rings. The van der Waals surface area contributed by atoms with E-state index >= 15 is 0 Å². The molecule has 0 radical (unpaired) electrons. The van der Waals surface area contributed by atoms with Gasteiger partial charge in [-0.25, -0.2) is 0 Å². The summed E-state index contributed by atoms with van der Waals surface area (Å²) in [6.07, 6.45) is 1.97. The fourth-order valence-electron chi connectivity index (χ4n) is 2.34. The second-order valence-electron chi connectivity index (χ2n) is 5.42. The number of nitrogens with zero attached hydrogens (tertiary/aromatic N) is 2. The van der Waals surface area contributed by atoms with E-state index in [1.807, 2.05) is 11.7 Å². The van der Waals surface area contributed by atoms with Crippen molar-refractivity contribution in [3.05, 3.63) is 53.2 Å². The van der Waals surface area contributed by atoms with Gasteiger partial charge in [-0.05, 0) is 45.2 Å². The van der Waals surface area contributed by atoms with Crippen LogP contribution in [0.4, 0.5) is 0 Å². The third kappa shape index (κ3) is 3.14. The minimum absolute atomic E-state index is 0.966. The van der Waals surface area contributed by atoms with E-state index in [0.717, 1.165) is 18.5 Å². The van der Waals surface area contributed by atoms with Crippen molar-refractivity contribution in [2.75, 3.05) is 0 Å². The first-order valence-electron chi connectivity index (χ1n) is 6.72. The van der Waals surface area contributed by atoms with Crippen LogP contribution in [-0.4, -0.2) is 9.78 Å². The first-order chi connectivity index (χ1) is 8.97. The fraction of sp³-hybridized carbons (Fsp3) is 0.353. The number of rotatable bonds is 4. The number of aromatic nitrogens is 2. The molecule has 2 rings (SSSR count). The highest BCUT2D eigenvalue weighted by atomic mass is 15.3. The van der Waals surface area contributed by atoms with Crippen molar-refractivity contribution in [3.8, 4) is 11.3 Å². The minimum Gasteiger partial charge on any atom is -0.268 e. The van der Waals surface area contributed by atoms with Gasteiger partial charge in [-0.3, -0.25) is 4.68 Å². The Bertz CT molecular complexity index is 606. The van der Waals surface area contributed by atoms with Crippen LogP contribution in [0.25, 0.3) is 11.3 Å². The lowest BCUT2D eigenvalue weighted by Crippen LogP contribution is -1.96. The Labute approximate surface area is 115 Å². The average molecular weight is 254 g/mol. The molecule has 0 spiro atoms. The molecule has 0 bridgehead atoms. The summed E-state index contributed by atoms with van der Waals surface area (Å²) in [5.74, 6) is 0. The van der Waals surface area contributed by atoms with Gasteiger partial charge in [0.1, 0.15) is 0 Å². The molecule has 0 amide bonds. The lowest BCUT2D eigenvalue weighted by atomic mass is 10.0. The molecule has 1 heterocycles. The monoisotopic (exact) mass is 254 g/mol. The summed E-state index contributed by atoms with van der Waals surface area (Å²) in [5.41, 5.74) is 7.40. The molecule has 0 aliphatic rings. The smallest absolute Gasteiger partial charge is 0.0684 e. The number of benzene rings is 1. The molecule has 0 aliphatic heterocycles. The number of hydrogen-bond acceptors (Lipinski definition) is 1. The Balaban J connectivity index is 2.32. The molecular formula is C17H22N2. The highest BCUT2D eigenvalue weighted by Gasteiger charge is 2.09. The number of hydrogen-bond donors (Lipinski definition) is 0. The predicted octanol–water partition coefficient (Wildman–Crippen LogP) is 4.21. The first kappa shape index (κ1) is 13.6. The topological polar surface area (TPSA) is 17.8 Å². The molecule has 100 valence electrons. The summed E-state index contributed by atoms with van der Waals surface area (Å²) < 4.78 is 1.98. The van der Waals surface area contributed by atoms with Gasteiger partial charge in [0, 0.05) is 12.6 Å². The average Bonchev–Trinajstić information content (AvgIpc) is 2.68. The molecule has 0 saturated carbocycles. The van der Waals surface area contributed by atoms with Crippen molar-refractivity contribution >= 4 is 0 Å². The van der Waals surface area contributed by atoms with Gasteiger partial charge in [0.15, 0.2) is 0 Å². The van der Waals surface area contributed by atoms with E-state index in [4.69, 9.17) is 0 Å². The largest absolute Gasteiger partial charge is 0.268 e. The van der Waals surface area contributed by atoms with E-state index in [1.54, 1.807) is 0 Å². The maximum Gasteiger partial charge on any atom is 0.0684 e. The van der Waals surface area contributed by atoms with Crippen molar-refractivity contribution in [3.63, 3.8) is 0 Å². The van der Waals surface area contributed by atoms with Gasteiger partial charge in [-0.2, -0.15) is 5.10 Å². The molecule has 2 aromatic rings. The first-order valence-corrected chi connectivity index (χ1v) is 6.72. The van der Waals surface area contributed by atoms with E-state index in [0.29, 0.717) is 0 Å². The van der Waals surface area contributed by atoms with Gasteiger partial charge in [-0.15, -0.1) is 6.58 Å². The SMILES string of the molecule is C=C(C)CCc1cc(-c2ccc(C)cc2C)n(C)n1. The lowest BCUT2D eigenvalue weighted by molar-refractivity contribution is 0.742. The van der Waals surface area contributed by atoms with Crippen molar-refractivity contribution in [2.45, 2.75) is 33.6 Å². The zero-order valence-corrected chi connectivity index (χ0v) is 12.3. The van der Waals surface area contributed by atoms with Crippen LogP contribution in [0.15, 0.2) is 36.4 Å². The molecule has 0 aliphatic carbocycles. The van der Waals surface area contributed by atoms with Gasteiger partial charge in [-0.1, -0.05) is 29.3 Å². The van der Waals surface area contributed by atoms with E-state index < -0.39 is 0 Å². The Morgan fingerprint density at radius 1 is 1.26 bits per heavy atom. The van der Waals surface area contributed by atoms with Crippen molar-refractivity contribution in [1.82, 2.24) is 9.78 Å². The highest BCUT2D eigenvalue weighted by Crippen LogP contribution is 2.25. The summed E-state index contributed by atoms with van der Waals surface area (Å²) in [7, 11) is 2.01. The van der Waals surface area contributed by atoms with Crippen molar-refractivity contribution < 1.29 is 0 Å². The Morgan fingerprint density at radius 2 is 2.00 bits per heavy atom.